The molecule has 0 bridgehead atoms. The summed E-state index contributed by atoms with van der Waals surface area (Å²) in [6, 6.07) is 0. The zero-order chi connectivity index (χ0) is 15.6. The lowest BCUT2D eigenvalue weighted by molar-refractivity contribution is -0.464. The van der Waals surface area contributed by atoms with E-state index in [0.717, 1.165) is 0 Å². The number of rotatable bonds is 1. The molecule has 1 aliphatic heterocycles. The molecule has 5 nitrogen and oxygen atoms in total. The van der Waals surface area contributed by atoms with E-state index in [1.165, 1.54) is 0 Å². The molecule has 1 aliphatic carbocycles. The summed E-state index contributed by atoms with van der Waals surface area (Å²) in [5.41, 5.74) is -3.13. The molecule has 1 fully saturated rings. The number of hydrogen-bond acceptors (Lipinski definition) is 5. The molecule has 112 valence electrons. The maximum atomic E-state index is 12.6. The van der Waals surface area contributed by atoms with Crippen LogP contribution in [0.25, 0.3) is 0 Å². The predicted octanol–water partition coefficient (Wildman–Crippen LogP) is 1.94. The van der Waals surface area contributed by atoms with E-state index in [-0.39, 0.29) is 11.4 Å². The topological polar surface area (TPSA) is 72.8 Å². The van der Waals surface area contributed by atoms with Gasteiger partial charge in [0, 0.05) is 0 Å². The van der Waals surface area contributed by atoms with E-state index in [1.807, 2.05) is 6.92 Å². The molecule has 1 heterocycles. The minimum atomic E-state index is -2.04. The third-order valence-electron chi connectivity index (χ3n) is 4.66. The monoisotopic (exact) mass is 282 g/mol. The molecule has 20 heavy (non-hydrogen) atoms. The smallest absolute Gasteiger partial charge is 0.240 e. The molecule has 1 N–H and O–H groups in total. The second-order valence-electron chi connectivity index (χ2n) is 6.94. The lowest BCUT2D eigenvalue weighted by atomic mass is 9.57. The summed E-state index contributed by atoms with van der Waals surface area (Å²) in [6.45, 7) is 9.95. The minimum Gasteiger partial charge on any atom is -0.359 e. The zero-order valence-corrected chi connectivity index (χ0v) is 12.9. The highest BCUT2D eigenvalue weighted by Gasteiger charge is 2.67. The van der Waals surface area contributed by atoms with Gasteiger partial charge in [-0.1, -0.05) is 6.92 Å². The van der Waals surface area contributed by atoms with Gasteiger partial charge < -0.3 is 5.11 Å². The number of carbonyl (C=O) groups excluding carboxylic acids is 2. The van der Waals surface area contributed by atoms with Crippen LogP contribution in [0.4, 0.5) is 0 Å². The van der Waals surface area contributed by atoms with Crippen LogP contribution >= 0.6 is 0 Å². The van der Waals surface area contributed by atoms with Gasteiger partial charge in [-0.3, -0.25) is 9.59 Å². The van der Waals surface area contributed by atoms with Crippen LogP contribution in [0.1, 0.15) is 48.0 Å². The van der Waals surface area contributed by atoms with Crippen LogP contribution < -0.4 is 0 Å². The van der Waals surface area contributed by atoms with E-state index in [1.54, 1.807) is 40.7 Å². The molecule has 0 saturated heterocycles. The van der Waals surface area contributed by atoms with Gasteiger partial charge in [0.1, 0.15) is 5.60 Å². The number of ketones is 2. The van der Waals surface area contributed by atoms with Crippen molar-refractivity contribution in [2.45, 2.75) is 59.4 Å². The Kier molecular flexibility index (Phi) is 3.07. The summed E-state index contributed by atoms with van der Waals surface area (Å²) in [5, 5.41) is 10.8. The van der Waals surface area contributed by atoms with E-state index in [4.69, 9.17) is 9.78 Å². The number of Topliss-reactive ketones (excluding diaryl/α,β-unsaturated/α-hetero) is 2. The highest BCUT2D eigenvalue weighted by molar-refractivity contribution is 6.19. The summed E-state index contributed by atoms with van der Waals surface area (Å²) in [5.74, 6) is -2.81. The van der Waals surface area contributed by atoms with Crippen molar-refractivity contribution in [3.05, 3.63) is 11.6 Å². The Balaban J connectivity index is 2.69. The maximum absolute atomic E-state index is 12.6. The Labute approximate surface area is 118 Å². The van der Waals surface area contributed by atoms with Crippen LogP contribution in [0.2, 0.25) is 0 Å². The van der Waals surface area contributed by atoms with Crippen molar-refractivity contribution < 1.29 is 24.5 Å². The normalized spacial score (nSPS) is 39.2. The molecule has 2 rings (SSSR count). The van der Waals surface area contributed by atoms with Crippen LogP contribution in [0, 0.1) is 10.8 Å². The third kappa shape index (κ3) is 1.66. The molecule has 5 heteroatoms. The molecular formula is C15H22O5. The quantitative estimate of drug-likeness (QED) is 0.587. The largest absolute Gasteiger partial charge is 0.359 e. The first-order valence-corrected chi connectivity index (χ1v) is 6.84. The molecule has 1 saturated carbocycles. The van der Waals surface area contributed by atoms with E-state index in [2.05, 4.69) is 0 Å². The summed E-state index contributed by atoms with van der Waals surface area (Å²) in [7, 11) is 0. The molecular weight excluding hydrogens is 260 g/mol. The second kappa shape index (κ2) is 4.00. The molecule has 0 aromatic carbocycles. The van der Waals surface area contributed by atoms with Crippen molar-refractivity contribution in [3.8, 4) is 0 Å². The van der Waals surface area contributed by atoms with Crippen molar-refractivity contribution in [3.63, 3.8) is 0 Å². The van der Waals surface area contributed by atoms with Crippen molar-refractivity contribution in [1.29, 1.82) is 0 Å². The van der Waals surface area contributed by atoms with Gasteiger partial charge in [0.2, 0.25) is 5.79 Å². The molecule has 0 aromatic rings. The van der Waals surface area contributed by atoms with Gasteiger partial charge >= 0.3 is 0 Å². The van der Waals surface area contributed by atoms with Crippen LogP contribution in [-0.4, -0.2) is 28.1 Å². The average molecular weight is 282 g/mol. The molecule has 0 aromatic heterocycles. The first-order chi connectivity index (χ1) is 8.92. The van der Waals surface area contributed by atoms with E-state index < -0.39 is 28.0 Å². The van der Waals surface area contributed by atoms with Gasteiger partial charge in [-0.2, -0.15) is 4.89 Å². The Morgan fingerprint density at radius 1 is 1.10 bits per heavy atom. The predicted molar refractivity (Wildman–Crippen MR) is 71.5 cm³/mol. The molecule has 2 atom stereocenters. The first kappa shape index (κ1) is 15.4. The number of carbonyl (C=O) groups is 2. The van der Waals surface area contributed by atoms with Gasteiger partial charge in [-0.25, -0.2) is 4.89 Å². The Morgan fingerprint density at radius 2 is 1.65 bits per heavy atom. The standard InChI is InChI=1S/C15H22O5/c1-7-14(6)8-9-10(16)12(2,3)11(17)13(4,5)15(9,18)20-19-14/h8,18H,7H2,1-6H3/t14-,15?/m1/s1. The van der Waals surface area contributed by atoms with Crippen LogP contribution in [0.15, 0.2) is 11.6 Å². The molecule has 1 unspecified atom stereocenters. The Bertz CT molecular complexity index is 516. The summed E-state index contributed by atoms with van der Waals surface area (Å²) < 4.78 is 0. The molecule has 0 radical (unpaired) electrons. The summed E-state index contributed by atoms with van der Waals surface area (Å²) >= 11 is 0. The van der Waals surface area contributed by atoms with E-state index in [9.17, 15) is 14.7 Å². The fourth-order valence-corrected chi connectivity index (χ4v) is 2.82. The van der Waals surface area contributed by atoms with Gasteiger partial charge in [-0.15, -0.1) is 0 Å². The number of hydrogen-bond donors (Lipinski definition) is 1. The Morgan fingerprint density at radius 3 is 2.15 bits per heavy atom. The van der Waals surface area contributed by atoms with Crippen molar-refractivity contribution in [2.24, 2.45) is 10.8 Å². The number of fused-ring (bicyclic) bond motifs is 1. The summed E-state index contributed by atoms with van der Waals surface area (Å²) in [6.07, 6.45) is 2.17. The fourth-order valence-electron chi connectivity index (χ4n) is 2.82. The van der Waals surface area contributed by atoms with Crippen molar-refractivity contribution in [2.75, 3.05) is 0 Å². The lowest BCUT2D eigenvalue weighted by Crippen LogP contribution is -2.66. The first-order valence-electron chi connectivity index (χ1n) is 6.84. The van der Waals surface area contributed by atoms with Crippen molar-refractivity contribution >= 4 is 11.6 Å². The SMILES string of the molecule is CC[C@]1(C)C=C2C(=O)C(C)(C)C(=O)C(C)(C)C2(O)OO1. The van der Waals surface area contributed by atoms with E-state index in [0.29, 0.717) is 6.42 Å². The van der Waals surface area contributed by atoms with Crippen LogP contribution in [0.5, 0.6) is 0 Å². The number of aliphatic hydroxyl groups is 1. The van der Waals surface area contributed by atoms with Crippen LogP contribution in [0.3, 0.4) is 0 Å². The maximum Gasteiger partial charge on any atom is 0.240 e. The minimum absolute atomic E-state index is 0.114. The van der Waals surface area contributed by atoms with Crippen LogP contribution in [-0.2, 0) is 19.4 Å². The fraction of sp³-hybridized carbons (Fsp3) is 0.733. The second-order valence-corrected chi connectivity index (χ2v) is 6.94. The van der Waals surface area contributed by atoms with Gasteiger partial charge in [0.25, 0.3) is 0 Å². The Hall–Kier alpha value is -1.04. The van der Waals surface area contributed by atoms with Gasteiger partial charge in [0.05, 0.1) is 16.4 Å². The highest BCUT2D eigenvalue weighted by Crippen LogP contribution is 2.53. The van der Waals surface area contributed by atoms with Gasteiger partial charge in [-0.05, 0) is 47.1 Å². The summed E-state index contributed by atoms with van der Waals surface area (Å²) in [4.78, 5) is 35.6. The average Bonchev–Trinajstić information content (AvgIpc) is 2.38. The molecule has 2 aliphatic rings. The van der Waals surface area contributed by atoms with Gasteiger partial charge in [0.15, 0.2) is 11.6 Å². The lowest BCUT2D eigenvalue weighted by Gasteiger charge is -2.52. The molecule has 0 amide bonds. The highest BCUT2D eigenvalue weighted by atomic mass is 17.2. The molecule has 0 spiro atoms. The van der Waals surface area contributed by atoms with E-state index >= 15 is 0 Å². The third-order valence-corrected chi connectivity index (χ3v) is 4.66. The zero-order valence-electron chi connectivity index (χ0n) is 12.9. The van der Waals surface area contributed by atoms with Crippen molar-refractivity contribution in [1.82, 2.24) is 0 Å².